The smallest absolute Gasteiger partial charge is 0.100 e. The second-order valence-corrected chi connectivity index (χ2v) is 6.86. The van der Waals surface area contributed by atoms with Gasteiger partial charge in [-0.2, -0.15) is 0 Å². The molecular weight excluding hydrogens is 288 g/mol. The molecule has 0 aromatic carbocycles. The SMILES string of the molecule is CCCCCCCCCCCCCCCCCOC[C@@H](O)CO. The van der Waals surface area contributed by atoms with Crippen LogP contribution in [0.3, 0.4) is 0 Å². The van der Waals surface area contributed by atoms with Crippen molar-refractivity contribution in [1.29, 1.82) is 0 Å². The third-order valence-electron chi connectivity index (χ3n) is 4.41. The number of hydrogen-bond acceptors (Lipinski definition) is 3. The van der Waals surface area contributed by atoms with Gasteiger partial charge in [-0.25, -0.2) is 0 Å². The van der Waals surface area contributed by atoms with Gasteiger partial charge in [0.1, 0.15) is 6.10 Å². The molecule has 0 heterocycles. The topological polar surface area (TPSA) is 49.7 Å². The summed E-state index contributed by atoms with van der Waals surface area (Å²) in [5.74, 6) is 0. The highest BCUT2D eigenvalue weighted by Crippen LogP contribution is 2.13. The average Bonchev–Trinajstić information content (AvgIpc) is 2.57. The molecule has 1 atom stereocenters. The molecule has 0 radical (unpaired) electrons. The van der Waals surface area contributed by atoms with E-state index in [9.17, 15) is 0 Å². The lowest BCUT2D eigenvalue weighted by atomic mass is 10.0. The summed E-state index contributed by atoms with van der Waals surface area (Å²) in [4.78, 5) is 0. The van der Waals surface area contributed by atoms with E-state index in [0.29, 0.717) is 6.61 Å². The number of hydrogen-bond donors (Lipinski definition) is 2. The van der Waals surface area contributed by atoms with E-state index in [-0.39, 0.29) is 13.2 Å². The number of ether oxygens (including phenoxy) is 1. The first-order valence-corrected chi connectivity index (χ1v) is 10.2. The predicted octanol–water partition coefficient (Wildman–Crippen LogP) is 5.23. The van der Waals surface area contributed by atoms with Crippen LogP contribution in [0.1, 0.15) is 103 Å². The van der Waals surface area contributed by atoms with Crippen molar-refractivity contribution in [1.82, 2.24) is 0 Å². The minimum absolute atomic E-state index is 0.209. The van der Waals surface area contributed by atoms with Gasteiger partial charge in [0.15, 0.2) is 0 Å². The highest BCUT2D eigenvalue weighted by molar-refractivity contribution is 4.51. The Morgan fingerprint density at radius 3 is 1.43 bits per heavy atom. The second kappa shape index (κ2) is 19.9. The van der Waals surface area contributed by atoms with Crippen LogP contribution in [0.4, 0.5) is 0 Å². The summed E-state index contributed by atoms with van der Waals surface area (Å²) in [7, 11) is 0. The van der Waals surface area contributed by atoms with Crippen molar-refractivity contribution in [2.24, 2.45) is 0 Å². The van der Waals surface area contributed by atoms with Crippen LogP contribution in [0.5, 0.6) is 0 Å². The maximum atomic E-state index is 9.11. The van der Waals surface area contributed by atoms with Crippen LogP contribution in [-0.2, 0) is 4.74 Å². The summed E-state index contributed by atoms with van der Waals surface area (Å²) < 4.78 is 5.29. The first-order valence-electron chi connectivity index (χ1n) is 10.2. The molecule has 23 heavy (non-hydrogen) atoms. The monoisotopic (exact) mass is 330 g/mol. The van der Waals surface area contributed by atoms with Gasteiger partial charge in [0, 0.05) is 6.61 Å². The summed E-state index contributed by atoms with van der Waals surface area (Å²) >= 11 is 0. The summed E-state index contributed by atoms with van der Waals surface area (Å²) in [6.07, 6.45) is 19.8. The van der Waals surface area contributed by atoms with Gasteiger partial charge in [-0.3, -0.25) is 0 Å². The van der Waals surface area contributed by atoms with E-state index >= 15 is 0 Å². The zero-order valence-corrected chi connectivity index (χ0v) is 15.6. The van der Waals surface area contributed by atoms with E-state index in [1.54, 1.807) is 0 Å². The molecule has 3 heteroatoms. The van der Waals surface area contributed by atoms with Crippen LogP contribution in [0, 0.1) is 0 Å². The largest absolute Gasteiger partial charge is 0.394 e. The van der Waals surface area contributed by atoms with Crippen LogP contribution in [0.25, 0.3) is 0 Å². The standard InChI is InChI=1S/C20H42O3/c1-2-3-4-5-6-7-8-9-10-11-12-13-14-15-16-17-23-19-20(22)18-21/h20-22H,2-19H2,1H3/t20-/m0/s1. The van der Waals surface area contributed by atoms with Gasteiger partial charge in [0.25, 0.3) is 0 Å². The quantitative estimate of drug-likeness (QED) is 0.319. The molecule has 0 bridgehead atoms. The fourth-order valence-electron chi connectivity index (χ4n) is 2.85. The normalized spacial score (nSPS) is 12.7. The highest BCUT2D eigenvalue weighted by atomic mass is 16.5. The molecule has 0 aromatic heterocycles. The number of rotatable bonds is 19. The minimum Gasteiger partial charge on any atom is -0.394 e. The molecule has 0 unspecified atom stereocenters. The molecule has 0 amide bonds. The van der Waals surface area contributed by atoms with Crippen molar-refractivity contribution in [2.45, 2.75) is 109 Å². The molecule has 0 saturated heterocycles. The Labute approximate surface area is 144 Å². The summed E-state index contributed by atoms with van der Waals surface area (Å²) in [6.45, 7) is 3.03. The van der Waals surface area contributed by atoms with Crippen molar-refractivity contribution in [3.63, 3.8) is 0 Å². The maximum absolute atomic E-state index is 9.11. The lowest BCUT2D eigenvalue weighted by Crippen LogP contribution is -2.19. The number of aliphatic hydroxyl groups excluding tert-OH is 2. The minimum atomic E-state index is -0.716. The van der Waals surface area contributed by atoms with Crippen molar-refractivity contribution in [3.05, 3.63) is 0 Å². The Bertz CT molecular complexity index is 209. The highest BCUT2D eigenvalue weighted by Gasteiger charge is 2.00. The van der Waals surface area contributed by atoms with Crippen molar-refractivity contribution >= 4 is 0 Å². The number of aliphatic hydroxyl groups is 2. The Hall–Kier alpha value is -0.120. The van der Waals surface area contributed by atoms with Crippen LogP contribution in [-0.4, -0.2) is 36.1 Å². The fourth-order valence-corrected chi connectivity index (χ4v) is 2.85. The van der Waals surface area contributed by atoms with Crippen molar-refractivity contribution in [3.8, 4) is 0 Å². The Kier molecular flexibility index (Phi) is 19.8. The first kappa shape index (κ1) is 22.9. The Morgan fingerprint density at radius 2 is 1.04 bits per heavy atom. The molecule has 0 aliphatic carbocycles. The predicted molar refractivity (Wildman–Crippen MR) is 98.8 cm³/mol. The molecule has 0 aliphatic heterocycles. The van der Waals surface area contributed by atoms with E-state index in [4.69, 9.17) is 14.9 Å². The summed E-state index contributed by atoms with van der Waals surface area (Å²) in [6, 6.07) is 0. The van der Waals surface area contributed by atoms with Gasteiger partial charge in [-0.1, -0.05) is 96.8 Å². The van der Waals surface area contributed by atoms with Gasteiger partial charge in [0.2, 0.25) is 0 Å². The Balaban J connectivity index is 2.97. The molecule has 0 aliphatic rings. The zero-order valence-electron chi connectivity index (χ0n) is 15.6. The van der Waals surface area contributed by atoms with E-state index in [1.165, 1.54) is 89.9 Å². The second-order valence-electron chi connectivity index (χ2n) is 6.86. The van der Waals surface area contributed by atoms with Gasteiger partial charge in [0.05, 0.1) is 13.2 Å². The molecular formula is C20H42O3. The molecule has 140 valence electrons. The van der Waals surface area contributed by atoms with Crippen molar-refractivity contribution < 1.29 is 14.9 Å². The van der Waals surface area contributed by atoms with Crippen LogP contribution >= 0.6 is 0 Å². The van der Waals surface area contributed by atoms with E-state index < -0.39 is 6.10 Å². The zero-order chi connectivity index (χ0) is 17.0. The molecule has 0 aromatic rings. The van der Waals surface area contributed by atoms with Gasteiger partial charge in [-0.05, 0) is 6.42 Å². The third-order valence-corrected chi connectivity index (χ3v) is 4.41. The molecule has 0 rings (SSSR count). The van der Waals surface area contributed by atoms with Crippen LogP contribution in [0.15, 0.2) is 0 Å². The molecule has 0 spiro atoms. The Morgan fingerprint density at radius 1 is 0.652 bits per heavy atom. The molecule has 0 fully saturated rings. The van der Waals surface area contributed by atoms with Crippen LogP contribution in [0.2, 0.25) is 0 Å². The molecule has 3 nitrogen and oxygen atoms in total. The maximum Gasteiger partial charge on any atom is 0.100 e. The van der Waals surface area contributed by atoms with E-state index in [0.717, 1.165) is 6.42 Å². The first-order chi connectivity index (χ1) is 11.3. The van der Waals surface area contributed by atoms with Gasteiger partial charge >= 0.3 is 0 Å². The van der Waals surface area contributed by atoms with Gasteiger partial charge < -0.3 is 14.9 Å². The van der Waals surface area contributed by atoms with Gasteiger partial charge in [-0.15, -0.1) is 0 Å². The molecule has 2 N–H and O–H groups in total. The number of unbranched alkanes of at least 4 members (excludes halogenated alkanes) is 14. The fraction of sp³-hybridized carbons (Fsp3) is 1.00. The summed E-state index contributed by atoms with van der Waals surface area (Å²) in [5, 5.41) is 17.7. The van der Waals surface area contributed by atoms with Crippen molar-refractivity contribution in [2.75, 3.05) is 19.8 Å². The summed E-state index contributed by atoms with van der Waals surface area (Å²) in [5.41, 5.74) is 0. The van der Waals surface area contributed by atoms with E-state index in [1.807, 2.05) is 0 Å². The lowest BCUT2D eigenvalue weighted by molar-refractivity contribution is 0.00526. The third kappa shape index (κ3) is 19.8. The molecule has 0 saturated carbocycles. The average molecular weight is 331 g/mol. The van der Waals surface area contributed by atoms with Crippen LogP contribution < -0.4 is 0 Å². The lowest BCUT2D eigenvalue weighted by Gasteiger charge is -2.08. The van der Waals surface area contributed by atoms with E-state index in [2.05, 4.69) is 6.92 Å².